The highest BCUT2D eigenvalue weighted by atomic mass is 32.2. The quantitative estimate of drug-likeness (QED) is 0.596. The molecule has 1 amide bonds. The summed E-state index contributed by atoms with van der Waals surface area (Å²) in [7, 11) is -3.19. The van der Waals surface area contributed by atoms with E-state index in [1.165, 1.54) is 12.1 Å². The number of amides is 1. The molecule has 1 aromatic rings. The molecule has 0 saturated carbocycles. The minimum atomic E-state index is -3.19. The Bertz CT molecular complexity index is 717. The second-order valence-electron chi connectivity index (χ2n) is 7.30. The van der Waals surface area contributed by atoms with Crippen molar-refractivity contribution >= 4 is 15.9 Å². The van der Waals surface area contributed by atoms with E-state index in [0.29, 0.717) is 45.6 Å². The summed E-state index contributed by atoms with van der Waals surface area (Å²) in [6, 6.07) is 5.94. The van der Waals surface area contributed by atoms with E-state index in [-0.39, 0.29) is 23.5 Å². The minimum absolute atomic E-state index is 0.0682. The number of piperazine rings is 1. The van der Waals surface area contributed by atoms with Crippen molar-refractivity contribution < 1.29 is 17.6 Å². The zero-order valence-electron chi connectivity index (χ0n) is 16.9. The van der Waals surface area contributed by atoms with Crippen LogP contribution in [0.25, 0.3) is 0 Å². The van der Waals surface area contributed by atoms with Gasteiger partial charge in [0.15, 0.2) is 0 Å². The summed E-state index contributed by atoms with van der Waals surface area (Å²) in [5.41, 5.74) is 0.969. The maximum absolute atomic E-state index is 12.9. The maximum atomic E-state index is 12.9. The smallest absolute Gasteiger partial charge is 0.237 e. The molecule has 0 aromatic heterocycles. The average molecular weight is 414 g/mol. The van der Waals surface area contributed by atoms with E-state index in [4.69, 9.17) is 0 Å². The van der Waals surface area contributed by atoms with Gasteiger partial charge in [-0.1, -0.05) is 31.9 Å². The number of carbonyl (C=O) groups excluding carboxylic acids is 1. The van der Waals surface area contributed by atoms with Crippen LogP contribution in [0.5, 0.6) is 0 Å². The summed E-state index contributed by atoms with van der Waals surface area (Å²) in [6.45, 7) is 6.36. The molecule has 0 bridgehead atoms. The standard InChI is InChI=1S/C20H32FN3O3S/c1-3-4-5-16-28(26,27)24-14-12-23(13-15-24)17(2)20(25)22-11-10-18-6-8-19(21)9-7-18/h6-9,17H,3-5,10-16H2,1-2H3,(H,22,25). The number of hydrogen-bond acceptors (Lipinski definition) is 4. The van der Waals surface area contributed by atoms with E-state index in [1.54, 1.807) is 16.4 Å². The molecule has 2 rings (SSSR count). The van der Waals surface area contributed by atoms with Crippen LogP contribution in [0.15, 0.2) is 24.3 Å². The lowest BCUT2D eigenvalue weighted by Crippen LogP contribution is -2.55. The van der Waals surface area contributed by atoms with Crippen molar-refractivity contribution in [1.82, 2.24) is 14.5 Å². The van der Waals surface area contributed by atoms with Gasteiger partial charge >= 0.3 is 0 Å². The van der Waals surface area contributed by atoms with E-state index in [9.17, 15) is 17.6 Å². The fourth-order valence-corrected chi connectivity index (χ4v) is 4.87. The number of halogens is 1. The van der Waals surface area contributed by atoms with Crippen LogP contribution in [0.1, 0.15) is 38.7 Å². The van der Waals surface area contributed by atoms with Gasteiger partial charge in [-0.3, -0.25) is 9.69 Å². The molecule has 1 aromatic carbocycles. The molecule has 0 spiro atoms. The Morgan fingerprint density at radius 3 is 2.39 bits per heavy atom. The monoisotopic (exact) mass is 413 g/mol. The first-order chi connectivity index (χ1) is 13.3. The van der Waals surface area contributed by atoms with Gasteiger partial charge in [0.05, 0.1) is 11.8 Å². The zero-order valence-corrected chi connectivity index (χ0v) is 17.7. The predicted molar refractivity (Wildman–Crippen MR) is 109 cm³/mol. The highest BCUT2D eigenvalue weighted by molar-refractivity contribution is 7.89. The molecule has 1 atom stereocenters. The van der Waals surface area contributed by atoms with Crippen molar-refractivity contribution in [3.05, 3.63) is 35.6 Å². The molecule has 158 valence electrons. The number of benzene rings is 1. The van der Waals surface area contributed by atoms with Gasteiger partial charge in [-0.05, 0) is 37.5 Å². The Balaban J connectivity index is 1.73. The molecule has 28 heavy (non-hydrogen) atoms. The van der Waals surface area contributed by atoms with Crippen LogP contribution in [0.4, 0.5) is 4.39 Å². The fourth-order valence-electron chi connectivity index (χ4n) is 3.33. The van der Waals surface area contributed by atoms with Crippen LogP contribution in [-0.2, 0) is 21.2 Å². The Hall–Kier alpha value is -1.51. The summed E-state index contributed by atoms with van der Waals surface area (Å²) >= 11 is 0. The van der Waals surface area contributed by atoms with E-state index in [1.807, 2.05) is 11.8 Å². The molecule has 0 radical (unpaired) electrons. The molecule has 8 heteroatoms. The maximum Gasteiger partial charge on any atom is 0.237 e. The van der Waals surface area contributed by atoms with Crippen LogP contribution in [0.3, 0.4) is 0 Å². The van der Waals surface area contributed by atoms with Gasteiger partial charge in [0, 0.05) is 32.7 Å². The molecule has 6 nitrogen and oxygen atoms in total. The Kier molecular flexibility index (Phi) is 8.85. The third-order valence-corrected chi connectivity index (χ3v) is 7.18. The number of rotatable bonds is 10. The Morgan fingerprint density at radius 1 is 1.14 bits per heavy atom. The fraction of sp³-hybridized carbons (Fsp3) is 0.650. The molecule has 1 N–H and O–H groups in total. The second kappa shape index (κ2) is 10.9. The number of nitrogens with one attached hydrogen (secondary N) is 1. The van der Waals surface area contributed by atoms with Crippen molar-refractivity contribution in [2.45, 2.75) is 45.6 Å². The van der Waals surface area contributed by atoms with Crippen molar-refractivity contribution in [1.29, 1.82) is 0 Å². The van der Waals surface area contributed by atoms with Crippen molar-refractivity contribution in [2.24, 2.45) is 0 Å². The highest BCUT2D eigenvalue weighted by Crippen LogP contribution is 2.13. The zero-order chi connectivity index (χ0) is 20.6. The average Bonchev–Trinajstić information content (AvgIpc) is 2.69. The van der Waals surface area contributed by atoms with E-state index in [2.05, 4.69) is 12.2 Å². The molecular formula is C20H32FN3O3S. The third kappa shape index (κ3) is 6.83. The lowest BCUT2D eigenvalue weighted by Gasteiger charge is -2.36. The first-order valence-corrected chi connectivity index (χ1v) is 11.7. The lowest BCUT2D eigenvalue weighted by atomic mass is 10.1. The molecule has 0 aliphatic carbocycles. The van der Waals surface area contributed by atoms with Crippen molar-refractivity contribution in [3.8, 4) is 0 Å². The van der Waals surface area contributed by atoms with Crippen LogP contribution in [0.2, 0.25) is 0 Å². The number of sulfonamides is 1. The number of carbonyl (C=O) groups is 1. The van der Waals surface area contributed by atoms with Crippen molar-refractivity contribution in [3.63, 3.8) is 0 Å². The minimum Gasteiger partial charge on any atom is -0.354 e. The lowest BCUT2D eigenvalue weighted by molar-refractivity contribution is -0.126. The van der Waals surface area contributed by atoms with Crippen molar-refractivity contribution in [2.75, 3.05) is 38.5 Å². The number of unbranched alkanes of at least 4 members (excludes halogenated alkanes) is 2. The van der Waals surface area contributed by atoms with Gasteiger partial charge in [-0.25, -0.2) is 12.8 Å². The van der Waals surface area contributed by atoms with Crippen LogP contribution < -0.4 is 5.32 Å². The Labute approximate surface area is 168 Å². The Morgan fingerprint density at radius 2 is 1.79 bits per heavy atom. The summed E-state index contributed by atoms with van der Waals surface area (Å²) in [4.78, 5) is 14.4. The molecule has 1 aliphatic rings. The molecule has 1 heterocycles. The second-order valence-corrected chi connectivity index (χ2v) is 9.39. The number of hydrogen-bond donors (Lipinski definition) is 1. The van der Waals surface area contributed by atoms with Gasteiger partial charge in [0.25, 0.3) is 0 Å². The number of nitrogens with zero attached hydrogens (tertiary/aromatic N) is 2. The van der Waals surface area contributed by atoms with Crippen LogP contribution >= 0.6 is 0 Å². The van der Waals surface area contributed by atoms with E-state index < -0.39 is 10.0 Å². The summed E-state index contributed by atoms with van der Waals surface area (Å²) in [5, 5.41) is 2.91. The largest absolute Gasteiger partial charge is 0.354 e. The molecule has 1 fully saturated rings. The summed E-state index contributed by atoms with van der Waals surface area (Å²) in [5.74, 6) is -0.130. The van der Waals surface area contributed by atoms with E-state index >= 15 is 0 Å². The molecular weight excluding hydrogens is 381 g/mol. The van der Waals surface area contributed by atoms with Gasteiger partial charge < -0.3 is 5.32 Å². The predicted octanol–water partition coefficient (Wildman–Crippen LogP) is 2.01. The normalized spacial score (nSPS) is 17.4. The van der Waals surface area contributed by atoms with Gasteiger partial charge in [0.1, 0.15) is 5.82 Å². The highest BCUT2D eigenvalue weighted by Gasteiger charge is 2.30. The van der Waals surface area contributed by atoms with Gasteiger partial charge in [-0.15, -0.1) is 0 Å². The first-order valence-electron chi connectivity index (χ1n) is 10.1. The van der Waals surface area contributed by atoms with Gasteiger partial charge in [-0.2, -0.15) is 4.31 Å². The first kappa shape index (κ1) is 22.8. The van der Waals surface area contributed by atoms with Crippen LogP contribution in [0, 0.1) is 5.82 Å². The molecule has 1 aliphatic heterocycles. The topological polar surface area (TPSA) is 69.7 Å². The summed E-state index contributed by atoms with van der Waals surface area (Å²) in [6.07, 6.45) is 3.26. The third-order valence-electron chi connectivity index (χ3n) is 5.23. The SMILES string of the molecule is CCCCCS(=O)(=O)N1CCN(C(C)C(=O)NCCc2ccc(F)cc2)CC1. The van der Waals surface area contributed by atoms with Gasteiger partial charge in [0.2, 0.25) is 15.9 Å². The molecule has 1 saturated heterocycles. The van der Waals surface area contributed by atoms with Crippen LogP contribution in [-0.4, -0.2) is 68.0 Å². The summed E-state index contributed by atoms with van der Waals surface area (Å²) < 4.78 is 39.2. The van der Waals surface area contributed by atoms with E-state index in [0.717, 1.165) is 18.4 Å². The molecule has 1 unspecified atom stereocenters.